The molecule has 0 aliphatic heterocycles. The first kappa shape index (κ1) is 15.1. The second-order valence-electron chi connectivity index (χ2n) is 4.56. The van der Waals surface area contributed by atoms with Gasteiger partial charge in [0.1, 0.15) is 0 Å². The predicted octanol–water partition coefficient (Wildman–Crippen LogP) is 3.60. The number of aromatic nitrogens is 2. The van der Waals surface area contributed by atoms with Crippen molar-refractivity contribution < 1.29 is 13.2 Å². The van der Waals surface area contributed by atoms with Crippen molar-refractivity contribution in [1.29, 1.82) is 0 Å². The second-order valence-corrected chi connectivity index (χ2v) is 5.48. The van der Waals surface area contributed by atoms with Crippen molar-refractivity contribution >= 4 is 15.9 Å². The molecule has 108 valence electrons. The van der Waals surface area contributed by atoms with Crippen molar-refractivity contribution in [3.8, 4) is 0 Å². The van der Waals surface area contributed by atoms with Gasteiger partial charge in [-0.1, -0.05) is 28.1 Å². The van der Waals surface area contributed by atoms with E-state index in [1.807, 2.05) is 24.3 Å². The summed E-state index contributed by atoms with van der Waals surface area (Å²) in [7, 11) is 0. The molecule has 20 heavy (non-hydrogen) atoms. The lowest BCUT2D eigenvalue weighted by Gasteiger charge is -2.22. The van der Waals surface area contributed by atoms with Crippen molar-refractivity contribution in [1.82, 2.24) is 9.78 Å². The molecule has 1 aromatic heterocycles. The van der Waals surface area contributed by atoms with Gasteiger partial charge in [-0.05, 0) is 24.6 Å². The van der Waals surface area contributed by atoms with Crippen LogP contribution in [-0.2, 0) is 6.18 Å². The molecule has 0 bridgehead atoms. The Morgan fingerprint density at radius 2 is 1.85 bits per heavy atom. The molecule has 2 aromatic rings. The molecule has 1 heterocycles. The molecule has 0 spiro atoms. The average Bonchev–Trinajstić information content (AvgIpc) is 2.80. The maximum absolute atomic E-state index is 12.6. The number of hydrogen-bond donors (Lipinski definition) is 1. The lowest BCUT2D eigenvalue weighted by Crippen LogP contribution is -2.30. The number of halogens is 4. The summed E-state index contributed by atoms with van der Waals surface area (Å²) in [5, 5.41) is 3.81. The highest BCUT2D eigenvalue weighted by atomic mass is 79.9. The van der Waals surface area contributed by atoms with Crippen molar-refractivity contribution in [3.05, 3.63) is 52.3 Å². The molecule has 2 N–H and O–H groups in total. The fourth-order valence-electron chi connectivity index (χ4n) is 1.99. The summed E-state index contributed by atoms with van der Waals surface area (Å²) < 4.78 is 40.0. The normalized spacial score (nSPS) is 15.1. The SMILES string of the molecule is CC(N)C(c1ccc(Br)cc1)n1cc(C(F)(F)F)cn1. The Balaban J connectivity index is 2.39. The van der Waals surface area contributed by atoms with Gasteiger partial charge in [-0.3, -0.25) is 4.68 Å². The first-order chi connectivity index (χ1) is 9.29. The number of hydrogen-bond acceptors (Lipinski definition) is 2. The zero-order valence-electron chi connectivity index (χ0n) is 10.6. The number of nitrogens with zero attached hydrogens (tertiary/aromatic N) is 2. The zero-order valence-corrected chi connectivity index (χ0v) is 12.2. The van der Waals surface area contributed by atoms with Crippen molar-refractivity contribution in [2.75, 3.05) is 0 Å². The van der Waals surface area contributed by atoms with Gasteiger partial charge in [0.25, 0.3) is 0 Å². The summed E-state index contributed by atoms with van der Waals surface area (Å²) >= 11 is 3.32. The van der Waals surface area contributed by atoms with E-state index in [1.165, 1.54) is 4.68 Å². The van der Waals surface area contributed by atoms with Gasteiger partial charge in [-0.2, -0.15) is 18.3 Å². The van der Waals surface area contributed by atoms with E-state index in [1.54, 1.807) is 6.92 Å². The van der Waals surface area contributed by atoms with Gasteiger partial charge in [0.15, 0.2) is 0 Å². The van der Waals surface area contributed by atoms with Crippen LogP contribution < -0.4 is 5.73 Å². The smallest absolute Gasteiger partial charge is 0.326 e. The molecule has 2 rings (SSSR count). The fourth-order valence-corrected chi connectivity index (χ4v) is 2.26. The molecule has 0 saturated heterocycles. The van der Waals surface area contributed by atoms with E-state index in [9.17, 15) is 13.2 Å². The molecule has 2 unspecified atom stereocenters. The quantitative estimate of drug-likeness (QED) is 0.921. The third kappa shape index (κ3) is 3.21. The van der Waals surface area contributed by atoms with E-state index in [4.69, 9.17) is 5.73 Å². The minimum absolute atomic E-state index is 0.378. The minimum atomic E-state index is -4.40. The summed E-state index contributed by atoms with van der Waals surface area (Å²) in [6, 6.07) is 6.44. The average molecular weight is 348 g/mol. The van der Waals surface area contributed by atoms with E-state index < -0.39 is 17.8 Å². The van der Waals surface area contributed by atoms with Crippen molar-refractivity contribution in [2.24, 2.45) is 5.73 Å². The first-order valence-corrected chi connectivity index (χ1v) is 6.70. The standard InChI is InChI=1S/C13H13BrF3N3/c1-8(18)12(9-2-4-11(14)5-3-9)20-7-10(6-19-20)13(15,16)17/h2-8,12H,18H2,1H3. The van der Waals surface area contributed by atoms with Crippen LogP contribution in [-0.4, -0.2) is 15.8 Å². The molecule has 0 aliphatic carbocycles. The van der Waals surface area contributed by atoms with E-state index in [0.29, 0.717) is 0 Å². The summed E-state index contributed by atoms with van der Waals surface area (Å²) in [5.41, 5.74) is 5.93. The van der Waals surface area contributed by atoms with Crippen LogP contribution in [0, 0.1) is 0 Å². The zero-order chi connectivity index (χ0) is 14.9. The van der Waals surface area contributed by atoms with Crippen LogP contribution >= 0.6 is 15.9 Å². The molecule has 1 aromatic carbocycles. The van der Waals surface area contributed by atoms with Crippen LogP contribution in [0.2, 0.25) is 0 Å². The van der Waals surface area contributed by atoms with Gasteiger partial charge in [-0.25, -0.2) is 0 Å². The van der Waals surface area contributed by atoms with Gasteiger partial charge < -0.3 is 5.73 Å². The first-order valence-electron chi connectivity index (χ1n) is 5.91. The van der Waals surface area contributed by atoms with Crippen molar-refractivity contribution in [2.45, 2.75) is 25.2 Å². The number of alkyl halides is 3. The van der Waals surface area contributed by atoms with Gasteiger partial charge >= 0.3 is 6.18 Å². The third-order valence-corrected chi connectivity index (χ3v) is 3.45. The molecule has 7 heteroatoms. The Bertz CT molecular complexity index is 575. The molecule has 0 aliphatic rings. The van der Waals surface area contributed by atoms with Gasteiger partial charge in [0, 0.05) is 16.7 Å². The van der Waals surface area contributed by atoms with E-state index in [2.05, 4.69) is 21.0 Å². The molecule has 2 atom stereocenters. The minimum Gasteiger partial charge on any atom is -0.326 e. The number of nitrogens with two attached hydrogens (primary N) is 1. The molecule has 0 fully saturated rings. The summed E-state index contributed by atoms with van der Waals surface area (Å²) in [5.74, 6) is 0. The molecule has 3 nitrogen and oxygen atoms in total. The highest BCUT2D eigenvalue weighted by Crippen LogP contribution is 2.30. The van der Waals surface area contributed by atoms with Gasteiger partial charge in [-0.15, -0.1) is 0 Å². The Morgan fingerprint density at radius 1 is 1.25 bits per heavy atom. The van der Waals surface area contributed by atoms with E-state index in [0.717, 1.165) is 22.4 Å². The van der Waals surface area contributed by atoms with E-state index in [-0.39, 0.29) is 6.04 Å². The molecule has 0 amide bonds. The largest absolute Gasteiger partial charge is 0.419 e. The maximum atomic E-state index is 12.6. The number of benzene rings is 1. The Labute approximate surface area is 122 Å². The Hall–Kier alpha value is -1.34. The van der Waals surface area contributed by atoms with Crippen LogP contribution in [0.15, 0.2) is 41.1 Å². The van der Waals surface area contributed by atoms with Crippen LogP contribution in [0.5, 0.6) is 0 Å². The van der Waals surface area contributed by atoms with E-state index >= 15 is 0 Å². The molecule has 0 radical (unpaired) electrons. The molecular weight excluding hydrogens is 335 g/mol. The monoisotopic (exact) mass is 347 g/mol. The highest BCUT2D eigenvalue weighted by molar-refractivity contribution is 9.10. The topological polar surface area (TPSA) is 43.8 Å². The van der Waals surface area contributed by atoms with Crippen LogP contribution in [0.3, 0.4) is 0 Å². The van der Waals surface area contributed by atoms with Crippen LogP contribution in [0.1, 0.15) is 24.1 Å². The maximum Gasteiger partial charge on any atom is 0.419 e. The Morgan fingerprint density at radius 3 is 2.30 bits per heavy atom. The number of rotatable bonds is 3. The molecular formula is C13H13BrF3N3. The van der Waals surface area contributed by atoms with Crippen LogP contribution in [0.25, 0.3) is 0 Å². The van der Waals surface area contributed by atoms with Gasteiger partial charge in [0.05, 0.1) is 17.8 Å². The third-order valence-electron chi connectivity index (χ3n) is 2.92. The molecule has 0 saturated carbocycles. The summed E-state index contributed by atoms with van der Waals surface area (Å²) in [6.45, 7) is 1.74. The summed E-state index contributed by atoms with van der Waals surface area (Å²) in [6.07, 6.45) is -2.61. The Kier molecular flexibility index (Phi) is 4.19. The second kappa shape index (κ2) is 5.57. The van der Waals surface area contributed by atoms with Gasteiger partial charge in [0.2, 0.25) is 0 Å². The lowest BCUT2D eigenvalue weighted by atomic mass is 10.0. The van der Waals surface area contributed by atoms with Crippen molar-refractivity contribution in [3.63, 3.8) is 0 Å². The lowest BCUT2D eigenvalue weighted by molar-refractivity contribution is -0.137. The predicted molar refractivity (Wildman–Crippen MR) is 73.2 cm³/mol. The summed E-state index contributed by atoms with van der Waals surface area (Å²) in [4.78, 5) is 0. The van der Waals surface area contributed by atoms with Crippen LogP contribution in [0.4, 0.5) is 13.2 Å². The fraction of sp³-hybridized carbons (Fsp3) is 0.308. The highest BCUT2D eigenvalue weighted by Gasteiger charge is 2.33.